The number of aromatic nitrogens is 1. The highest BCUT2D eigenvalue weighted by Gasteiger charge is 2.18. The first-order valence-electron chi connectivity index (χ1n) is 5.64. The van der Waals surface area contributed by atoms with E-state index in [9.17, 15) is 4.79 Å². The number of H-pyrrole nitrogens is 1. The van der Waals surface area contributed by atoms with Crippen LogP contribution < -0.4 is 0 Å². The molecule has 1 fully saturated rings. The first kappa shape index (κ1) is 10.4. The predicted octanol–water partition coefficient (Wildman–Crippen LogP) is 1.93. The Morgan fingerprint density at radius 2 is 2.27 bits per heavy atom. The number of aromatic amines is 1. The SMILES string of the molecule is CC1CCN(CC(=O)c2ccc[nH]2)CC1. The van der Waals surface area contributed by atoms with Gasteiger partial charge >= 0.3 is 0 Å². The van der Waals surface area contributed by atoms with Gasteiger partial charge in [-0.2, -0.15) is 0 Å². The normalized spacial score (nSPS) is 19.3. The quantitative estimate of drug-likeness (QED) is 0.767. The molecular formula is C12H18N2O. The largest absolute Gasteiger partial charge is 0.359 e. The average Bonchev–Trinajstić information content (AvgIpc) is 2.74. The molecule has 3 heteroatoms. The molecule has 1 saturated heterocycles. The van der Waals surface area contributed by atoms with Crippen molar-refractivity contribution in [2.75, 3.05) is 19.6 Å². The van der Waals surface area contributed by atoms with Gasteiger partial charge in [0.25, 0.3) is 0 Å². The van der Waals surface area contributed by atoms with Crippen LogP contribution in [0.4, 0.5) is 0 Å². The van der Waals surface area contributed by atoms with E-state index in [0.717, 1.165) is 24.7 Å². The van der Waals surface area contributed by atoms with Crippen LogP contribution in [0.3, 0.4) is 0 Å². The maximum absolute atomic E-state index is 11.8. The average molecular weight is 206 g/mol. The second-order valence-corrected chi connectivity index (χ2v) is 4.47. The first-order valence-corrected chi connectivity index (χ1v) is 5.64. The standard InChI is InChI=1S/C12H18N2O/c1-10-4-7-14(8-5-10)9-12(15)11-3-2-6-13-11/h2-3,6,10,13H,4-5,7-9H2,1H3. The molecule has 15 heavy (non-hydrogen) atoms. The Hall–Kier alpha value is -1.09. The van der Waals surface area contributed by atoms with E-state index in [1.54, 1.807) is 6.20 Å². The summed E-state index contributed by atoms with van der Waals surface area (Å²) in [6.07, 6.45) is 4.24. The van der Waals surface area contributed by atoms with Gasteiger partial charge in [0.05, 0.1) is 12.2 Å². The Kier molecular flexibility index (Phi) is 3.21. The fraction of sp³-hybridized carbons (Fsp3) is 0.583. The van der Waals surface area contributed by atoms with Crippen molar-refractivity contribution in [2.24, 2.45) is 5.92 Å². The molecule has 0 aliphatic carbocycles. The number of nitrogens with zero attached hydrogens (tertiary/aromatic N) is 1. The van der Waals surface area contributed by atoms with E-state index in [1.807, 2.05) is 12.1 Å². The van der Waals surface area contributed by atoms with Crippen LogP contribution in [0.25, 0.3) is 0 Å². The molecule has 0 saturated carbocycles. The molecule has 1 N–H and O–H groups in total. The van der Waals surface area contributed by atoms with Crippen molar-refractivity contribution >= 4 is 5.78 Å². The molecular weight excluding hydrogens is 188 g/mol. The van der Waals surface area contributed by atoms with Crippen molar-refractivity contribution < 1.29 is 4.79 Å². The van der Waals surface area contributed by atoms with Crippen molar-refractivity contribution in [3.63, 3.8) is 0 Å². The number of likely N-dealkylation sites (tertiary alicyclic amines) is 1. The molecule has 0 atom stereocenters. The molecule has 0 bridgehead atoms. The summed E-state index contributed by atoms with van der Waals surface area (Å²) in [5.41, 5.74) is 0.730. The van der Waals surface area contributed by atoms with Gasteiger partial charge in [0, 0.05) is 6.20 Å². The fourth-order valence-electron chi connectivity index (χ4n) is 2.01. The van der Waals surface area contributed by atoms with Crippen LogP contribution >= 0.6 is 0 Å². The van der Waals surface area contributed by atoms with Crippen LogP contribution in [-0.4, -0.2) is 35.3 Å². The Balaban J connectivity index is 1.85. The summed E-state index contributed by atoms with van der Waals surface area (Å²) in [7, 11) is 0. The third kappa shape index (κ3) is 2.69. The van der Waals surface area contributed by atoms with E-state index in [1.165, 1.54) is 12.8 Å². The number of carbonyl (C=O) groups is 1. The van der Waals surface area contributed by atoms with Gasteiger partial charge in [-0.25, -0.2) is 0 Å². The van der Waals surface area contributed by atoms with Gasteiger partial charge in [0.2, 0.25) is 0 Å². The second kappa shape index (κ2) is 4.62. The van der Waals surface area contributed by atoms with Crippen molar-refractivity contribution in [1.82, 2.24) is 9.88 Å². The number of piperidine rings is 1. The number of ketones is 1. The molecule has 0 aromatic carbocycles. The van der Waals surface area contributed by atoms with E-state index in [-0.39, 0.29) is 5.78 Å². The third-order valence-corrected chi connectivity index (χ3v) is 3.14. The summed E-state index contributed by atoms with van der Waals surface area (Å²) in [6, 6.07) is 3.71. The fourth-order valence-corrected chi connectivity index (χ4v) is 2.01. The number of carbonyl (C=O) groups excluding carboxylic acids is 1. The molecule has 3 nitrogen and oxygen atoms in total. The molecule has 2 heterocycles. The highest BCUT2D eigenvalue weighted by molar-refractivity contribution is 5.95. The highest BCUT2D eigenvalue weighted by Crippen LogP contribution is 2.15. The summed E-state index contributed by atoms with van der Waals surface area (Å²) >= 11 is 0. The molecule has 1 aromatic rings. The van der Waals surface area contributed by atoms with Gasteiger partial charge in [-0.15, -0.1) is 0 Å². The molecule has 1 aromatic heterocycles. The van der Waals surface area contributed by atoms with Crippen LogP contribution in [0.15, 0.2) is 18.3 Å². The lowest BCUT2D eigenvalue weighted by Gasteiger charge is -2.29. The van der Waals surface area contributed by atoms with Gasteiger partial charge in [-0.1, -0.05) is 6.92 Å². The first-order chi connectivity index (χ1) is 7.25. The van der Waals surface area contributed by atoms with Crippen LogP contribution in [0.2, 0.25) is 0 Å². The molecule has 1 aliphatic rings. The van der Waals surface area contributed by atoms with Crippen LogP contribution in [0.1, 0.15) is 30.3 Å². The topological polar surface area (TPSA) is 36.1 Å². The Morgan fingerprint density at radius 3 is 2.87 bits per heavy atom. The van der Waals surface area contributed by atoms with Gasteiger partial charge in [-0.3, -0.25) is 9.69 Å². The van der Waals surface area contributed by atoms with E-state index >= 15 is 0 Å². The Morgan fingerprint density at radius 1 is 1.53 bits per heavy atom. The summed E-state index contributed by atoms with van der Waals surface area (Å²) < 4.78 is 0. The second-order valence-electron chi connectivity index (χ2n) is 4.47. The van der Waals surface area contributed by atoms with Gasteiger partial charge in [-0.05, 0) is 44.0 Å². The zero-order valence-electron chi connectivity index (χ0n) is 9.20. The molecule has 0 spiro atoms. The van der Waals surface area contributed by atoms with Crippen molar-refractivity contribution in [3.05, 3.63) is 24.0 Å². The van der Waals surface area contributed by atoms with Gasteiger partial charge < -0.3 is 4.98 Å². The minimum Gasteiger partial charge on any atom is -0.359 e. The molecule has 82 valence electrons. The maximum atomic E-state index is 11.8. The maximum Gasteiger partial charge on any atom is 0.192 e. The Bertz CT molecular complexity index is 310. The summed E-state index contributed by atoms with van der Waals surface area (Å²) in [5.74, 6) is 1.02. The summed E-state index contributed by atoms with van der Waals surface area (Å²) in [6.45, 7) is 4.97. The van der Waals surface area contributed by atoms with Crippen LogP contribution in [-0.2, 0) is 0 Å². The zero-order valence-corrected chi connectivity index (χ0v) is 9.20. The number of rotatable bonds is 3. The van der Waals surface area contributed by atoms with E-state index < -0.39 is 0 Å². The molecule has 0 radical (unpaired) electrons. The molecule has 1 aliphatic heterocycles. The van der Waals surface area contributed by atoms with Gasteiger partial charge in [0.15, 0.2) is 5.78 Å². The smallest absolute Gasteiger partial charge is 0.192 e. The molecule has 0 unspecified atom stereocenters. The number of hydrogen-bond acceptors (Lipinski definition) is 2. The lowest BCUT2D eigenvalue weighted by Crippen LogP contribution is -2.36. The minimum atomic E-state index is 0.203. The highest BCUT2D eigenvalue weighted by atomic mass is 16.1. The van der Waals surface area contributed by atoms with Crippen LogP contribution in [0, 0.1) is 5.92 Å². The van der Waals surface area contributed by atoms with Crippen molar-refractivity contribution in [2.45, 2.75) is 19.8 Å². The van der Waals surface area contributed by atoms with Gasteiger partial charge in [0.1, 0.15) is 0 Å². The van der Waals surface area contributed by atoms with Crippen LogP contribution in [0.5, 0.6) is 0 Å². The monoisotopic (exact) mass is 206 g/mol. The van der Waals surface area contributed by atoms with Crippen molar-refractivity contribution in [1.29, 1.82) is 0 Å². The summed E-state index contributed by atoms with van der Waals surface area (Å²) in [4.78, 5) is 17.0. The third-order valence-electron chi connectivity index (χ3n) is 3.14. The molecule has 2 rings (SSSR count). The minimum absolute atomic E-state index is 0.203. The number of Topliss-reactive ketones (excluding diaryl/α,β-unsaturated/α-hetero) is 1. The number of hydrogen-bond donors (Lipinski definition) is 1. The predicted molar refractivity (Wildman–Crippen MR) is 60.0 cm³/mol. The lowest BCUT2D eigenvalue weighted by molar-refractivity contribution is 0.0895. The lowest BCUT2D eigenvalue weighted by atomic mass is 9.99. The van der Waals surface area contributed by atoms with Crippen molar-refractivity contribution in [3.8, 4) is 0 Å². The molecule has 0 amide bonds. The zero-order chi connectivity index (χ0) is 10.7. The number of nitrogens with one attached hydrogen (secondary N) is 1. The van der Waals surface area contributed by atoms with E-state index in [4.69, 9.17) is 0 Å². The Labute approximate surface area is 90.5 Å². The van der Waals surface area contributed by atoms with E-state index in [2.05, 4.69) is 16.8 Å². The van der Waals surface area contributed by atoms with E-state index in [0.29, 0.717) is 6.54 Å². The summed E-state index contributed by atoms with van der Waals surface area (Å²) in [5, 5.41) is 0.